The number of benzene rings is 2. The van der Waals surface area contributed by atoms with Gasteiger partial charge >= 0.3 is 5.69 Å². The van der Waals surface area contributed by atoms with Gasteiger partial charge in [0.15, 0.2) is 11.5 Å². The Morgan fingerprint density at radius 1 is 0.919 bits per heavy atom. The molecule has 1 aromatic heterocycles. The van der Waals surface area contributed by atoms with Gasteiger partial charge in [0.2, 0.25) is 5.91 Å². The normalized spacial score (nSPS) is 11.9. The molecule has 0 radical (unpaired) electrons. The number of hydrogen-bond donors (Lipinski definition) is 2. The summed E-state index contributed by atoms with van der Waals surface area (Å²) in [6.45, 7) is 7.25. The number of fused-ring (bicyclic) bond motifs is 1. The van der Waals surface area contributed by atoms with Crippen molar-refractivity contribution < 1.29 is 19.1 Å². The van der Waals surface area contributed by atoms with E-state index in [1.807, 2.05) is 27.7 Å². The Balaban J connectivity index is 2.11. The number of aromatic nitrogens is 2. The molecule has 10 nitrogen and oxygen atoms in total. The summed E-state index contributed by atoms with van der Waals surface area (Å²) >= 11 is 0. The Morgan fingerprint density at radius 2 is 1.54 bits per heavy atom. The lowest BCUT2D eigenvalue weighted by Gasteiger charge is -2.17. The molecule has 2 amide bonds. The van der Waals surface area contributed by atoms with Crippen LogP contribution in [-0.2, 0) is 17.9 Å². The van der Waals surface area contributed by atoms with E-state index in [0.717, 1.165) is 11.0 Å². The topological polar surface area (TPSA) is 121 Å². The molecule has 3 rings (SSSR count). The Bertz CT molecular complexity index is 1410. The summed E-state index contributed by atoms with van der Waals surface area (Å²) in [5, 5.41) is 5.89. The molecule has 3 aromatic rings. The van der Waals surface area contributed by atoms with Crippen molar-refractivity contribution in [1.82, 2.24) is 19.8 Å². The molecule has 1 heterocycles. The van der Waals surface area contributed by atoms with E-state index >= 15 is 0 Å². The summed E-state index contributed by atoms with van der Waals surface area (Å²) in [6.07, 6.45) is 0.733. The first-order chi connectivity index (χ1) is 17.6. The molecule has 0 saturated heterocycles. The molecule has 37 heavy (non-hydrogen) atoms. The van der Waals surface area contributed by atoms with E-state index in [0.29, 0.717) is 22.6 Å². The van der Waals surface area contributed by atoms with E-state index in [9.17, 15) is 19.2 Å². The van der Waals surface area contributed by atoms with Gasteiger partial charge in [0, 0.05) is 23.7 Å². The summed E-state index contributed by atoms with van der Waals surface area (Å²) in [7, 11) is 2.91. The van der Waals surface area contributed by atoms with Gasteiger partial charge in [-0.3, -0.25) is 23.5 Å². The van der Waals surface area contributed by atoms with E-state index < -0.39 is 11.2 Å². The summed E-state index contributed by atoms with van der Waals surface area (Å²) in [6, 6.07) is 9.64. The summed E-state index contributed by atoms with van der Waals surface area (Å²) in [5.74, 6) is 0.102. The van der Waals surface area contributed by atoms with Crippen LogP contribution in [0.2, 0.25) is 0 Å². The summed E-state index contributed by atoms with van der Waals surface area (Å²) in [5.41, 5.74) is 0.228. The van der Waals surface area contributed by atoms with Crippen LogP contribution in [0.3, 0.4) is 0 Å². The number of hydrogen-bond acceptors (Lipinski definition) is 6. The van der Waals surface area contributed by atoms with Crippen LogP contribution in [0.5, 0.6) is 11.5 Å². The first-order valence-electron chi connectivity index (χ1n) is 12.2. The molecule has 0 fully saturated rings. The van der Waals surface area contributed by atoms with Crippen LogP contribution >= 0.6 is 0 Å². The average molecular weight is 511 g/mol. The molecule has 1 atom stereocenters. The maximum Gasteiger partial charge on any atom is 0.332 e. The minimum Gasteiger partial charge on any atom is -0.493 e. The van der Waals surface area contributed by atoms with Crippen molar-refractivity contribution in [3.8, 4) is 11.5 Å². The van der Waals surface area contributed by atoms with Crippen molar-refractivity contribution in [2.45, 2.75) is 59.3 Å². The van der Waals surface area contributed by atoms with Crippen molar-refractivity contribution in [3.05, 3.63) is 68.4 Å². The first kappa shape index (κ1) is 27.5. The number of nitrogens with one attached hydrogen (secondary N) is 2. The zero-order chi connectivity index (χ0) is 27.3. The molecule has 0 aliphatic heterocycles. The van der Waals surface area contributed by atoms with Gasteiger partial charge in [-0.1, -0.05) is 19.1 Å². The summed E-state index contributed by atoms with van der Waals surface area (Å²) < 4.78 is 13.1. The highest BCUT2D eigenvalue weighted by Gasteiger charge is 2.19. The smallest absolute Gasteiger partial charge is 0.332 e. The van der Waals surface area contributed by atoms with E-state index in [2.05, 4.69) is 10.6 Å². The Morgan fingerprint density at radius 3 is 2.11 bits per heavy atom. The molecule has 0 aliphatic rings. The maximum absolute atomic E-state index is 13.6. The molecule has 2 aromatic carbocycles. The molecule has 0 unspecified atom stereocenters. The largest absolute Gasteiger partial charge is 0.493 e. The first-order valence-corrected chi connectivity index (χ1v) is 12.2. The van der Waals surface area contributed by atoms with Crippen LogP contribution in [0.15, 0.2) is 46.0 Å². The highest BCUT2D eigenvalue weighted by Crippen LogP contribution is 2.30. The lowest BCUT2D eigenvalue weighted by atomic mass is 10.1. The SMILES string of the molecule is CC[C@H](C)NC(=O)Cn1c(=O)n(Cc2ccc(C(=O)NC(C)C)cc2)c(=O)c2cc(OC)c(OC)cc21. The molecule has 10 heteroatoms. The molecule has 198 valence electrons. The molecule has 2 N–H and O–H groups in total. The predicted octanol–water partition coefficient (Wildman–Crippen LogP) is 2.28. The van der Waals surface area contributed by atoms with Crippen molar-refractivity contribution in [2.75, 3.05) is 14.2 Å². The molecule has 0 spiro atoms. The number of carbonyl (C=O) groups is 2. The van der Waals surface area contributed by atoms with Gasteiger partial charge in [0.25, 0.3) is 11.5 Å². The monoisotopic (exact) mass is 510 g/mol. The van der Waals surface area contributed by atoms with E-state index in [1.54, 1.807) is 24.3 Å². The van der Waals surface area contributed by atoms with E-state index in [-0.39, 0.29) is 47.9 Å². The van der Waals surface area contributed by atoms with E-state index in [4.69, 9.17) is 9.47 Å². The van der Waals surface area contributed by atoms with Crippen molar-refractivity contribution in [2.24, 2.45) is 0 Å². The quantitative estimate of drug-likeness (QED) is 0.432. The van der Waals surface area contributed by atoms with Crippen molar-refractivity contribution in [3.63, 3.8) is 0 Å². The maximum atomic E-state index is 13.6. The third-order valence-corrected chi connectivity index (χ3v) is 6.03. The molecule has 0 bridgehead atoms. The fraction of sp³-hybridized carbons (Fsp3) is 0.407. The third-order valence-electron chi connectivity index (χ3n) is 6.03. The van der Waals surface area contributed by atoms with Crippen LogP contribution in [0.1, 0.15) is 50.0 Å². The average Bonchev–Trinajstić information content (AvgIpc) is 2.88. The van der Waals surface area contributed by atoms with Gasteiger partial charge in [0.1, 0.15) is 6.54 Å². The number of methoxy groups -OCH3 is 2. The van der Waals surface area contributed by atoms with Crippen LogP contribution in [0.25, 0.3) is 10.9 Å². The third kappa shape index (κ3) is 6.19. The highest BCUT2D eigenvalue weighted by atomic mass is 16.5. The molecule has 0 aliphatic carbocycles. The fourth-order valence-electron chi connectivity index (χ4n) is 3.89. The minimum atomic E-state index is -0.634. The van der Waals surface area contributed by atoms with Gasteiger partial charge in [-0.15, -0.1) is 0 Å². The van der Waals surface area contributed by atoms with Crippen LogP contribution < -0.4 is 31.4 Å². The second-order valence-electron chi connectivity index (χ2n) is 9.19. The molecule has 0 saturated carbocycles. The van der Waals surface area contributed by atoms with Gasteiger partial charge in [-0.2, -0.15) is 0 Å². The summed E-state index contributed by atoms with van der Waals surface area (Å²) in [4.78, 5) is 52.0. The van der Waals surface area contributed by atoms with Crippen LogP contribution in [-0.4, -0.2) is 47.3 Å². The minimum absolute atomic E-state index is 0.00468. The second-order valence-corrected chi connectivity index (χ2v) is 9.19. The molecular formula is C27H34N4O6. The lowest BCUT2D eigenvalue weighted by Crippen LogP contribution is -2.44. The Kier molecular flexibility index (Phi) is 8.75. The zero-order valence-electron chi connectivity index (χ0n) is 22.1. The van der Waals surface area contributed by atoms with Crippen molar-refractivity contribution >= 4 is 22.7 Å². The van der Waals surface area contributed by atoms with Crippen LogP contribution in [0.4, 0.5) is 0 Å². The standard InChI is InChI=1S/C27H34N4O6/c1-7-17(4)29-24(32)15-30-21-13-23(37-6)22(36-5)12-20(21)26(34)31(27(30)35)14-18-8-10-19(11-9-18)25(33)28-16(2)3/h8-13,16-17H,7,14-15H2,1-6H3,(H,28,33)(H,29,32)/t17-/m0/s1. The number of carbonyl (C=O) groups excluding carboxylic acids is 2. The van der Waals surface area contributed by atoms with Crippen LogP contribution in [0, 0.1) is 0 Å². The fourth-order valence-corrected chi connectivity index (χ4v) is 3.89. The van der Waals surface area contributed by atoms with Gasteiger partial charge in [-0.05, 0) is 51.0 Å². The molecular weight excluding hydrogens is 476 g/mol. The number of rotatable bonds is 10. The highest BCUT2D eigenvalue weighted by molar-refractivity contribution is 5.94. The van der Waals surface area contributed by atoms with Gasteiger partial charge < -0.3 is 20.1 Å². The van der Waals surface area contributed by atoms with Gasteiger partial charge in [0.05, 0.1) is 31.7 Å². The lowest BCUT2D eigenvalue weighted by molar-refractivity contribution is -0.122. The zero-order valence-corrected chi connectivity index (χ0v) is 22.1. The van der Waals surface area contributed by atoms with E-state index in [1.165, 1.54) is 30.9 Å². The Hall–Kier alpha value is -4.08. The van der Waals surface area contributed by atoms with Crippen molar-refractivity contribution in [1.29, 1.82) is 0 Å². The Labute approximate surface area is 215 Å². The van der Waals surface area contributed by atoms with Gasteiger partial charge in [-0.25, -0.2) is 4.79 Å². The number of amides is 2. The number of nitrogens with zero attached hydrogens (tertiary/aromatic N) is 2. The predicted molar refractivity (Wildman–Crippen MR) is 142 cm³/mol. The number of ether oxygens (including phenoxy) is 2. The second kappa shape index (κ2) is 11.8.